The summed E-state index contributed by atoms with van der Waals surface area (Å²) >= 11 is 12.2. The smallest absolute Gasteiger partial charge is 0.295 e. The summed E-state index contributed by atoms with van der Waals surface area (Å²) in [6.45, 7) is 6.46. The maximum atomic E-state index is 13.3. The first-order valence-electron chi connectivity index (χ1n) is 11.5. The van der Waals surface area contributed by atoms with Gasteiger partial charge < -0.3 is 14.7 Å². The molecule has 5 nitrogen and oxygen atoms in total. The first-order valence-corrected chi connectivity index (χ1v) is 12.2. The Kier molecular flexibility index (Phi) is 7.17. The molecular formula is C29H27Cl2NO4. The van der Waals surface area contributed by atoms with Gasteiger partial charge in [0.1, 0.15) is 11.5 Å². The summed E-state index contributed by atoms with van der Waals surface area (Å²) in [6, 6.07) is 18.9. The number of aliphatic hydroxyl groups is 1. The molecule has 1 amide bonds. The fourth-order valence-electron chi connectivity index (χ4n) is 4.37. The predicted molar refractivity (Wildman–Crippen MR) is 142 cm³/mol. The van der Waals surface area contributed by atoms with Gasteiger partial charge in [0.05, 0.1) is 35.3 Å². The van der Waals surface area contributed by atoms with E-state index in [1.165, 1.54) is 17.0 Å². The van der Waals surface area contributed by atoms with Crippen LogP contribution in [0, 0.1) is 0 Å². The second-order valence-corrected chi connectivity index (χ2v) is 10.6. The highest BCUT2D eigenvalue weighted by Crippen LogP contribution is 2.42. The molecule has 1 aliphatic heterocycles. The van der Waals surface area contributed by atoms with E-state index in [1.807, 2.05) is 42.5 Å². The van der Waals surface area contributed by atoms with Crippen molar-refractivity contribution in [2.24, 2.45) is 0 Å². The molecule has 186 valence electrons. The quantitative estimate of drug-likeness (QED) is 0.224. The summed E-state index contributed by atoms with van der Waals surface area (Å²) in [6.07, 6.45) is 0. The van der Waals surface area contributed by atoms with Gasteiger partial charge in [-0.15, -0.1) is 0 Å². The Morgan fingerprint density at radius 1 is 0.972 bits per heavy atom. The Balaban J connectivity index is 1.88. The number of para-hydroxylation sites is 1. The number of Topliss-reactive ketones (excluding diaryl/α,β-unsaturated/α-hetero) is 1. The van der Waals surface area contributed by atoms with Gasteiger partial charge in [-0.05, 0) is 40.8 Å². The molecule has 0 radical (unpaired) electrons. The highest BCUT2D eigenvalue weighted by Gasteiger charge is 2.46. The van der Waals surface area contributed by atoms with Crippen LogP contribution >= 0.6 is 23.2 Å². The molecule has 0 saturated carbocycles. The Morgan fingerprint density at radius 2 is 1.64 bits per heavy atom. The molecule has 3 aromatic carbocycles. The fraction of sp³-hybridized carbons (Fsp3) is 0.241. The number of ketones is 1. The van der Waals surface area contributed by atoms with Crippen LogP contribution in [0.15, 0.2) is 72.3 Å². The molecule has 3 aromatic rings. The van der Waals surface area contributed by atoms with Crippen molar-refractivity contribution < 1.29 is 19.4 Å². The number of ether oxygens (including phenoxy) is 1. The number of carbonyl (C=O) groups excluding carboxylic acids is 2. The van der Waals surface area contributed by atoms with Gasteiger partial charge in [-0.3, -0.25) is 9.59 Å². The molecule has 1 unspecified atom stereocenters. The average molecular weight is 524 g/mol. The van der Waals surface area contributed by atoms with E-state index in [0.29, 0.717) is 21.9 Å². The SMILES string of the molecule is COc1ccccc1CN1C(=O)C(=O)/C(=C(\O)c2ccc(Cl)c(Cl)c2)C1c1ccc(C(C)(C)C)cc1. The number of aliphatic hydroxyl groups excluding tert-OH is 1. The largest absolute Gasteiger partial charge is 0.507 e. The van der Waals surface area contributed by atoms with Gasteiger partial charge >= 0.3 is 0 Å². The molecule has 1 atom stereocenters. The number of hydrogen-bond donors (Lipinski definition) is 1. The average Bonchev–Trinajstić information content (AvgIpc) is 3.10. The molecule has 1 saturated heterocycles. The molecule has 4 rings (SSSR count). The Labute approximate surface area is 220 Å². The van der Waals surface area contributed by atoms with Crippen LogP contribution in [-0.4, -0.2) is 28.8 Å². The van der Waals surface area contributed by atoms with Gasteiger partial charge in [-0.2, -0.15) is 0 Å². The zero-order valence-electron chi connectivity index (χ0n) is 20.5. The number of likely N-dealkylation sites (tertiary alicyclic amines) is 1. The summed E-state index contributed by atoms with van der Waals surface area (Å²) < 4.78 is 5.47. The van der Waals surface area contributed by atoms with E-state index in [9.17, 15) is 14.7 Å². The third kappa shape index (κ3) is 4.86. The van der Waals surface area contributed by atoms with E-state index in [4.69, 9.17) is 27.9 Å². The third-order valence-corrected chi connectivity index (χ3v) is 7.10. The van der Waals surface area contributed by atoms with Crippen molar-refractivity contribution in [3.8, 4) is 5.75 Å². The van der Waals surface area contributed by atoms with Gasteiger partial charge in [0.25, 0.3) is 11.7 Å². The lowest BCUT2D eigenvalue weighted by molar-refractivity contribution is -0.140. The topological polar surface area (TPSA) is 66.8 Å². The lowest BCUT2D eigenvalue weighted by atomic mass is 9.85. The summed E-state index contributed by atoms with van der Waals surface area (Å²) in [5.41, 5.74) is 2.79. The Morgan fingerprint density at radius 3 is 2.25 bits per heavy atom. The van der Waals surface area contributed by atoms with Crippen LogP contribution < -0.4 is 4.74 Å². The van der Waals surface area contributed by atoms with Gasteiger partial charge in [-0.25, -0.2) is 0 Å². The maximum Gasteiger partial charge on any atom is 0.295 e. The summed E-state index contributed by atoms with van der Waals surface area (Å²) in [5.74, 6) is -1.17. The summed E-state index contributed by atoms with van der Waals surface area (Å²) in [5, 5.41) is 11.8. The minimum atomic E-state index is -0.807. The van der Waals surface area contributed by atoms with Crippen LogP contribution in [0.5, 0.6) is 5.75 Å². The zero-order chi connectivity index (χ0) is 26.2. The number of nitrogens with zero attached hydrogens (tertiary/aromatic N) is 1. The van der Waals surface area contributed by atoms with Crippen LogP contribution in [0.25, 0.3) is 5.76 Å². The van der Waals surface area contributed by atoms with Crippen molar-refractivity contribution in [1.29, 1.82) is 0 Å². The van der Waals surface area contributed by atoms with Crippen LogP contribution in [0.4, 0.5) is 0 Å². The summed E-state index contributed by atoms with van der Waals surface area (Å²) in [4.78, 5) is 28.1. The number of methoxy groups -OCH3 is 1. The fourth-order valence-corrected chi connectivity index (χ4v) is 4.67. The molecule has 1 fully saturated rings. The number of carbonyl (C=O) groups is 2. The second kappa shape index (κ2) is 10.00. The van der Waals surface area contributed by atoms with Gasteiger partial charge in [0.2, 0.25) is 0 Å². The molecule has 0 aromatic heterocycles. The number of amides is 1. The van der Waals surface area contributed by atoms with E-state index in [1.54, 1.807) is 19.2 Å². The normalized spacial score (nSPS) is 17.5. The number of rotatable bonds is 5. The minimum Gasteiger partial charge on any atom is -0.507 e. The van der Waals surface area contributed by atoms with Crippen LogP contribution in [0.3, 0.4) is 0 Å². The van der Waals surface area contributed by atoms with Gasteiger partial charge in [-0.1, -0.05) is 86.4 Å². The standard InChI is InChI=1S/C29H27Cl2NO4/c1-29(2,3)20-12-9-17(10-13-20)25-24(26(33)18-11-14-21(30)22(31)15-18)27(34)28(35)32(25)16-19-7-5-6-8-23(19)36-4/h5-15,25,33H,16H2,1-4H3/b26-24-. The molecule has 1 aliphatic rings. The van der Waals surface area contributed by atoms with Crippen molar-refractivity contribution >= 4 is 40.7 Å². The number of halogens is 2. The second-order valence-electron chi connectivity index (χ2n) is 9.74. The van der Waals surface area contributed by atoms with E-state index < -0.39 is 17.7 Å². The molecule has 0 spiro atoms. The lowest BCUT2D eigenvalue weighted by Gasteiger charge is -2.27. The molecule has 7 heteroatoms. The minimum absolute atomic E-state index is 0.00297. The Hall–Kier alpha value is -3.28. The predicted octanol–water partition coefficient (Wildman–Crippen LogP) is 6.92. The highest BCUT2D eigenvalue weighted by atomic mass is 35.5. The summed E-state index contributed by atoms with van der Waals surface area (Å²) in [7, 11) is 1.56. The molecule has 0 bridgehead atoms. The van der Waals surface area contributed by atoms with E-state index >= 15 is 0 Å². The monoisotopic (exact) mass is 523 g/mol. The number of hydrogen-bond acceptors (Lipinski definition) is 4. The molecular weight excluding hydrogens is 497 g/mol. The van der Waals surface area contributed by atoms with Crippen molar-refractivity contribution in [3.05, 3.63) is 105 Å². The van der Waals surface area contributed by atoms with E-state index in [-0.39, 0.29) is 28.3 Å². The van der Waals surface area contributed by atoms with Gasteiger partial charge in [0.15, 0.2) is 0 Å². The van der Waals surface area contributed by atoms with Crippen molar-refractivity contribution in [2.45, 2.75) is 38.8 Å². The third-order valence-electron chi connectivity index (χ3n) is 6.36. The highest BCUT2D eigenvalue weighted by molar-refractivity contribution is 6.46. The Bertz CT molecular complexity index is 1360. The molecule has 0 aliphatic carbocycles. The molecule has 36 heavy (non-hydrogen) atoms. The van der Waals surface area contributed by atoms with E-state index in [0.717, 1.165) is 11.1 Å². The van der Waals surface area contributed by atoms with Crippen LogP contribution in [0.2, 0.25) is 10.0 Å². The molecule has 1 heterocycles. The van der Waals surface area contributed by atoms with E-state index in [2.05, 4.69) is 20.8 Å². The molecule has 1 N–H and O–H groups in total. The van der Waals surface area contributed by atoms with Crippen LogP contribution in [0.1, 0.15) is 49.1 Å². The first kappa shape index (κ1) is 25.8. The van der Waals surface area contributed by atoms with Crippen LogP contribution in [-0.2, 0) is 21.5 Å². The van der Waals surface area contributed by atoms with Crippen molar-refractivity contribution in [2.75, 3.05) is 7.11 Å². The van der Waals surface area contributed by atoms with Crippen molar-refractivity contribution in [1.82, 2.24) is 4.90 Å². The van der Waals surface area contributed by atoms with Gasteiger partial charge in [0, 0.05) is 11.1 Å². The van der Waals surface area contributed by atoms with Crippen molar-refractivity contribution in [3.63, 3.8) is 0 Å². The zero-order valence-corrected chi connectivity index (χ0v) is 22.0. The maximum absolute atomic E-state index is 13.3. The lowest BCUT2D eigenvalue weighted by Crippen LogP contribution is -2.29. The number of benzene rings is 3. The first-order chi connectivity index (χ1) is 17.0.